The molecule has 0 saturated heterocycles. The predicted molar refractivity (Wildman–Crippen MR) is 98.3 cm³/mol. The molecule has 0 aliphatic carbocycles. The number of anilines is 2. The van der Waals surface area contributed by atoms with Gasteiger partial charge in [-0.3, -0.25) is 4.98 Å². The molecule has 5 heteroatoms. The summed E-state index contributed by atoms with van der Waals surface area (Å²) >= 11 is 1.54. The quantitative estimate of drug-likeness (QED) is 0.571. The number of rotatable bonds is 4. The summed E-state index contributed by atoms with van der Waals surface area (Å²) < 4.78 is 0. The number of pyridine rings is 2. The van der Waals surface area contributed by atoms with Crippen LogP contribution in [-0.4, -0.2) is 15.0 Å². The van der Waals surface area contributed by atoms with Gasteiger partial charge in [-0.1, -0.05) is 36.4 Å². The summed E-state index contributed by atoms with van der Waals surface area (Å²) in [4.78, 5) is 13.3. The number of thiazole rings is 1. The first kappa shape index (κ1) is 14.5. The summed E-state index contributed by atoms with van der Waals surface area (Å²) in [7, 11) is 0. The van der Waals surface area contributed by atoms with E-state index in [0.717, 1.165) is 33.5 Å². The van der Waals surface area contributed by atoms with Crippen molar-refractivity contribution in [2.24, 2.45) is 0 Å². The molecule has 1 N–H and O–H groups in total. The van der Waals surface area contributed by atoms with E-state index in [1.807, 2.05) is 54.0 Å². The van der Waals surface area contributed by atoms with Gasteiger partial charge in [0, 0.05) is 23.3 Å². The van der Waals surface area contributed by atoms with E-state index in [1.54, 1.807) is 6.20 Å². The first-order valence-electron chi connectivity index (χ1n) is 7.54. The minimum absolute atomic E-state index is 0.775. The third-order valence-corrected chi connectivity index (χ3v) is 4.29. The van der Waals surface area contributed by atoms with Crippen LogP contribution >= 0.6 is 11.3 Å². The van der Waals surface area contributed by atoms with Gasteiger partial charge >= 0.3 is 0 Å². The molecule has 24 heavy (non-hydrogen) atoms. The van der Waals surface area contributed by atoms with Crippen molar-refractivity contribution >= 4 is 22.3 Å². The molecule has 3 heterocycles. The predicted octanol–water partition coefficient (Wildman–Crippen LogP) is 5.01. The smallest absolute Gasteiger partial charge is 0.188 e. The van der Waals surface area contributed by atoms with E-state index in [-0.39, 0.29) is 0 Å². The van der Waals surface area contributed by atoms with E-state index < -0.39 is 0 Å². The highest BCUT2D eigenvalue weighted by Gasteiger charge is 2.06. The molecule has 0 atom stereocenters. The molecule has 0 saturated carbocycles. The topological polar surface area (TPSA) is 50.7 Å². The number of benzene rings is 1. The van der Waals surface area contributed by atoms with Gasteiger partial charge in [-0.25, -0.2) is 9.97 Å². The van der Waals surface area contributed by atoms with Crippen molar-refractivity contribution in [1.82, 2.24) is 15.0 Å². The van der Waals surface area contributed by atoms with Crippen LogP contribution in [0.25, 0.3) is 22.5 Å². The van der Waals surface area contributed by atoms with Crippen LogP contribution in [0, 0.1) is 0 Å². The van der Waals surface area contributed by atoms with Crippen molar-refractivity contribution in [3.8, 4) is 22.5 Å². The fraction of sp³-hybridized carbons (Fsp3) is 0. The van der Waals surface area contributed by atoms with Gasteiger partial charge in [-0.05, 0) is 29.8 Å². The molecule has 4 rings (SSSR count). The van der Waals surface area contributed by atoms with E-state index in [2.05, 4.69) is 38.5 Å². The van der Waals surface area contributed by atoms with Gasteiger partial charge in [-0.2, -0.15) is 0 Å². The summed E-state index contributed by atoms with van der Waals surface area (Å²) in [6.07, 6.45) is 3.64. The van der Waals surface area contributed by atoms with E-state index in [1.165, 1.54) is 11.3 Å². The Labute approximate surface area is 143 Å². The lowest BCUT2D eigenvalue weighted by Gasteiger charge is -2.04. The standard InChI is InChI=1S/C19H14N4S/c1-2-6-14(7-3-1)15-9-10-18(21-12-15)23-19-22-17(13-24-19)16-8-4-5-11-20-16/h1-13H,(H,21,22,23). The van der Waals surface area contributed by atoms with E-state index in [9.17, 15) is 0 Å². The average molecular weight is 330 g/mol. The molecular weight excluding hydrogens is 316 g/mol. The summed E-state index contributed by atoms with van der Waals surface area (Å²) in [6, 6.07) is 20.0. The lowest BCUT2D eigenvalue weighted by molar-refractivity contribution is 1.26. The number of hydrogen-bond acceptors (Lipinski definition) is 5. The fourth-order valence-electron chi connectivity index (χ4n) is 2.34. The van der Waals surface area contributed by atoms with E-state index in [0.29, 0.717) is 0 Å². The molecule has 0 amide bonds. The van der Waals surface area contributed by atoms with Gasteiger partial charge in [0.05, 0.1) is 5.69 Å². The number of aromatic nitrogens is 3. The molecule has 0 radical (unpaired) electrons. The van der Waals surface area contributed by atoms with Crippen molar-refractivity contribution in [3.05, 3.63) is 78.4 Å². The molecule has 116 valence electrons. The molecule has 0 aliphatic rings. The lowest BCUT2D eigenvalue weighted by atomic mass is 10.1. The zero-order chi connectivity index (χ0) is 16.2. The molecule has 1 aromatic carbocycles. The Hall–Kier alpha value is -3.05. The van der Waals surface area contributed by atoms with Crippen LogP contribution in [-0.2, 0) is 0 Å². The normalized spacial score (nSPS) is 10.5. The Morgan fingerprint density at radius 3 is 2.38 bits per heavy atom. The molecule has 0 fully saturated rings. The van der Waals surface area contributed by atoms with Crippen LogP contribution in [0.15, 0.2) is 78.4 Å². The molecule has 0 bridgehead atoms. The Morgan fingerprint density at radius 2 is 1.62 bits per heavy atom. The monoisotopic (exact) mass is 330 g/mol. The summed E-state index contributed by atoms with van der Waals surface area (Å²) in [5, 5.41) is 6.03. The summed E-state index contributed by atoms with van der Waals surface area (Å²) in [5.41, 5.74) is 3.98. The highest BCUT2D eigenvalue weighted by molar-refractivity contribution is 7.14. The Kier molecular flexibility index (Phi) is 4.00. The maximum atomic E-state index is 4.56. The van der Waals surface area contributed by atoms with Gasteiger partial charge in [0.15, 0.2) is 5.13 Å². The van der Waals surface area contributed by atoms with Gasteiger partial charge in [0.1, 0.15) is 11.5 Å². The van der Waals surface area contributed by atoms with Gasteiger partial charge in [0.25, 0.3) is 0 Å². The highest BCUT2D eigenvalue weighted by Crippen LogP contribution is 2.26. The summed E-state index contributed by atoms with van der Waals surface area (Å²) in [6.45, 7) is 0. The van der Waals surface area contributed by atoms with Crippen LogP contribution in [0.3, 0.4) is 0 Å². The zero-order valence-corrected chi connectivity index (χ0v) is 13.6. The first-order chi connectivity index (χ1) is 11.9. The third kappa shape index (κ3) is 3.16. The minimum Gasteiger partial charge on any atom is -0.316 e. The minimum atomic E-state index is 0.775. The van der Waals surface area contributed by atoms with Crippen LogP contribution in [0.5, 0.6) is 0 Å². The maximum absolute atomic E-state index is 4.56. The second-order valence-corrected chi connectivity index (χ2v) is 6.03. The fourth-order valence-corrected chi connectivity index (χ4v) is 3.05. The van der Waals surface area contributed by atoms with Crippen LogP contribution in [0.2, 0.25) is 0 Å². The van der Waals surface area contributed by atoms with E-state index in [4.69, 9.17) is 0 Å². The molecule has 3 aromatic heterocycles. The molecule has 0 aliphatic heterocycles. The van der Waals surface area contributed by atoms with Crippen molar-refractivity contribution in [1.29, 1.82) is 0 Å². The lowest BCUT2D eigenvalue weighted by Crippen LogP contribution is -1.93. The number of hydrogen-bond donors (Lipinski definition) is 1. The van der Waals surface area contributed by atoms with Crippen molar-refractivity contribution in [2.75, 3.05) is 5.32 Å². The molecule has 4 nitrogen and oxygen atoms in total. The van der Waals surface area contributed by atoms with Crippen LogP contribution in [0.4, 0.5) is 10.9 Å². The average Bonchev–Trinajstić information content (AvgIpc) is 3.12. The van der Waals surface area contributed by atoms with Gasteiger partial charge in [-0.15, -0.1) is 11.3 Å². The Balaban J connectivity index is 1.51. The largest absolute Gasteiger partial charge is 0.316 e. The molecule has 4 aromatic rings. The van der Waals surface area contributed by atoms with Crippen molar-refractivity contribution in [2.45, 2.75) is 0 Å². The third-order valence-electron chi connectivity index (χ3n) is 3.54. The summed E-state index contributed by atoms with van der Waals surface area (Å²) in [5.74, 6) is 0.775. The maximum Gasteiger partial charge on any atom is 0.188 e. The molecule has 0 spiro atoms. The van der Waals surface area contributed by atoms with Crippen LogP contribution < -0.4 is 5.32 Å². The first-order valence-corrected chi connectivity index (χ1v) is 8.42. The second kappa shape index (κ2) is 6.60. The van der Waals surface area contributed by atoms with Crippen molar-refractivity contribution < 1.29 is 0 Å². The van der Waals surface area contributed by atoms with E-state index >= 15 is 0 Å². The van der Waals surface area contributed by atoms with Crippen molar-refractivity contribution in [3.63, 3.8) is 0 Å². The SMILES string of the molecule is c1ccc(-c2ccc(Nc3nc(-c4ccccn4)cs3)nc2)cc1. The Bertz CT molecular complexity index is 919. The van der Waals surface area contributed by atoms with Gasteiger partial charge in [0.2, 0.25) is 0 Å². The van der Waals surface area contributed by atoms with Crippen LogP contribution in [0.1, 0.15) is 0 Å². The Morgan fingerprint density at radius 1 is 0.750 bits per heavy atom. The highest BCUT2D eigenvalue weighted by atomic mass is 32.1. The number of nitrogens with zero attached hydrogens (tertiary/aromatic N) is 3. The molecule has 0 unspecified atom stereocenters. The second-order valence-electron chi connectivity index (χ2n) is 5.18. The zero-order valence-electron chi connectivity index (χ0n) is 12.8. The molecular formula is C19H14N4S. The van der Waals surface area contributed by atoms with Gasteiger partial charge < -0.3 is 5.32 Å². The number of nitrogens with one attached hydrogen (secondary N) is 1.